The second kappa shape index (κ2) is 8.03. The van der Waals surface area contributed by atoms with Crippen molar-refractivity contribution in [2.45, 2.75) is 45.1 Å². The van der Waals surface area contributed by atoms with Crippen LogP contribution < -0.4 is 5.32 Å². The maximum atomic E-state index is 12.4. The molecule has 1 aromatic carbocycles. The fourth-order valence-electron chi connectivity index (χ4n) is 2.93. The Kier molecular flexibility index (Phi) is 6.05. The molecular weight excluding hydrogens is 264 g/mol. The predicted molar refractivity (Wildman–Crippen MR) is 84.2 cm³/mol. The van der Waals surface area contributed by atoms with Crippen molar-refractivity contribution in [3.8, 4) is 0 Å². The van der Waals surface area contributed by atoms with E-state index in [2.05, 4.69) is 30.4 Å². The van der Waals surface area contributed by atoms with E-state index in [0.29, 0.717) is 13.1 Å². The van der Waals surface area contributed by atoms with Crippen LogP contribution in [0.4, 0.5) is 4.79 Å². The number of nitrogens with zero attached hydrogens (tertiary/aromatic N) is 1. The van der Waals surface area contributed by atoms with Crippen molar-refractivity contribution < 1.29 is 9.90 Å². The zero-order valence-electron chi connectivity index (χ0n) is 12.8. The molecule has 1 aromatic rings. The number of benzene rings is 1. The first-order valence-electron chi connectivity index (χ1n) is 8.00. The molecule has 0 spiro atoms. The van der Waals surface area contributed by atoms with E-state index in [1.807, 2.05) is 6.07 Å². The molecule has 1 unspecified atom stereocenters. The van der Waals surface area contributed by atoms with E-state index >= 15 is 0 Å². The number of aliphatic hydroxyl groups is 1. The Morgan fingerprint density at radius 2 is 2.19 bits per heavy atom. The number of urea groups is 1. The molecule has 2 amide bonds. The number of fused-ring (bicyclic) bond motifs is 1. The molecule has 21 heavy (non-hydrogen) atoms. The number of unbranched alkanes of at least 4 members (excludes halogenated alkanes) is 1. The summed E-state index contributed by atoms with van der Waals surface area (Å²) in [7, 11) is 0. The summed E-state index contributed by atoms with van der Waals surface area (Å²) in [5.74, 6) is 0. The molecule has 1 aliphatic rings. The number of aryl methyl sites for hydroxylation is 1. The van der Waals surface area contributed by atoms with Crippen LogP contribution in [0.3, 0.4) is 0 Å². The molecular formula is C17H26N2O2. The first kappa shape index (κ1) is 15.8. The molecule has 0 saturated carbocycles. The molecule has 0 aliphatic heterocycles. The molecule has 1 aliphatic carbocycles. The molecule has 0 bridgehead atoms. The van der Waals surface area contributed by atoms with Gasteiger partial charge in [-0.2, -0.15) is 0 Å². The number of amides is 2. The van der Waals surface area contributed by atoms with Crippen molar-refractivity contribution in [2.24, 2.45) is 0 Å². The van der Waals surface area contributed by atoms with Crippen LogP contribution in [0.25, 0.3) is 0 Å². The SMILES string of the molecule is CCCCN(CCO)C(=O)NC1CCCc2ccccc21. The van der Waals surface area contributed by atoms with Crippen molar-refractivity contribution in [1.29, 1.82) is 0 Å². The molecule has 116 valence electrons. The first-order chi connectivity index (χ1) is 10.3. The van der Waals surface area contributed by atoms with Crippen molar-refractivity contribution in [1.82, 2.24) is 10.2 Å². The molecule has 4 nitrogen and oxygen atoms in total. The zero-order valence-corrected chi connectivity index (χ0v) is 12.8. The van der Waals surface area contributed by atoms with Crippen LogP contribution in [-0.4, -0.2) is 35.7 Å². The van der Waals surface area contributed by atoms with Crippen molar-refractivity contribution >= 4 is 6.03 Å². The number of nitrogens with one attached hydrogen (secondary N) is 1. The zero-order chi connectivity index (χ0) is 15.1. The predicted octanol–water partition coefficient (Wildman–Crippen LogP) is 2.87. The third kappa shape index (κ3) is 4.21. The van der Waals surface area contributed by atoms with Gasteiger partial charge < -0.3 is 15.3 Å². The van der Waals surface area contributed by atoms with E-state index in [9.17, 15) is 4.79 Å². The highest BCUT2D eigenvalue weighted by atomic mass is 16.3. The molecule has 4 heteroatoms. The Labute approximate surface area is 127 Å². The topological polar surface area (TPSA) is 52.6 Å². The fraction of sp³-hybridized carbons (Fsp3) is 0.588. The maximum Gasteiger partial charge on any atom is 0.317 e. The third-order valence-electron chi connectivity index (χ3n) is 4.11. The maximum absolute atomic E-state index is 12.4. The van der Waals surface area contributed by atoms with Gasteiger partial charge in [-0.05, 0) is 36.8 Å². The fourth-order valence-corrected chi connectivity index (χ4v) is 2.93. The Morgan fingerprint density at radius 3 is 2.95 bits per heavy atom. The summed E-state index contributed by atoms with van der Waals surface area (Å²) in [6, 6.07) is 8.40. The number of aliphatic hydroxyl groups excluding tert-OH is 1. The van der Waals surface area contributed by atoms with E-state index < -0.39 is 0 Å². The number of carbonyl (C=O) groups is 1. The monoisotopic (exact) mass is 290 g/mol. The Hall–Kier alpha value is -1.55. The second-order valence-electron chi connectivity index (χ2n) is 5.66. The van der Waals surface area contributed by atoms with Crippen molar-refractivity contribution in [3.63, 3.8) is 0 Å². The summed E-state index contributed by atoms with van der Waals surface area (Å²) >= 11 is 0. The lowest BCUT2D eigenvalue weighted by molar-refractivity contribution is 0.172. The lowest BCUT2D eigenvalue weighted by Gasteiger charge is -2.30. The molecule has 0 heterocycles. The van der Waals surface area contributed by atoms with E-state index in [-0.39, 0.29) is 18.7 Å². The normalized spacial score (nSPS) is 17.1. The summed E-state index contributed by atoms with van der Waals surface area (Å²) < 4.78 is 0. The lowest BCUT2D eigenvalue weighted by atomic mass is 9.88. The molecule has 2 rings (SSSR count). The van der Waals surface area contributed by atoms with Crippen LogP contribution in [0.1, 0.15) is 49.8 Å². The second-order valence-corrected chi connectivity index (χ2v) is 5.66. The first-order valence-corrected chi connectivity index (χ1v) is 8.00. The third-order valence-corrected chi connectivity index (χ3v) is 4.11. The molecule has 0 aromatic heterocycles. The number of rotatable bonds is 6. The van der Waals surface area contributed by atoms with Crippen LogP contribution in [0.2, 0.25) is 0 Å². The minimum Gasteiger partial charge on any atom is -0.395 e. The quantitative estimate of drug-likeness (QED) is 0.846. The van der Waals surface area contributed by atoms with Gasteiger partial charge in [0.25, 0.3) is 0 Å². The van der Waals surface area contributed by atoms with E-state index in [1.165, 1.54) is 11.1 Å². The standard InChI is InChI=1S/C17H26N2O2/c1-2-3-11-19(12-13-20)17(21)18-16-10-6-8-14-7-4-5-9-15(14)16/h4-5,7,9,16,20H,2-3,6,8,10-13H2,1H3,(H,18,21). The van der Waals surface area contributed by atoms with Crippen molar-refractivity contribution in [2.75, 3.05) is 19.7 Å². The number of carbonyl (C=O) groups excluding carboxylic acids is 1. The van der Waals surface area contributed by atoms with Crippen LogP contribution in [-0.2, 0) is 6.42 Å². The average molecular weight is 290 g/mol. The van der Waals surface area contributed by atoms with Crippen LogP contribution in [0.5, 0.6) is 0 Å². The van der Waals surface area contributed by atoms with E-state index in [1.54, 1.807) is 4.90 Å². The van der Waals surface area contributed by atoms with Gasteiger partial charge >= 0.3 is 6.03 Å². The van der Waals surface area contributed by atoms with Crippen LogP contribution in [0.15, 0.2) is 24.3 Å². The Bertz CT molecular complexity index is 462. The largest absolute Gasteiger partial charge is 0.395 e. The molecule has 0 fully saturated rings. The highest BCUT2D eigenvalue weighted by Crippen LogP contribution is 2.29. The highest BCUT2D eigenvalue weighted by molar-refractivity contribution is 5.74. The average Bonchev–Trinajstić information content (AvgIpc) is 2.51. The van der Waals surface area contributed by atoms with Gasteiger partial charge in [-0.25, -0.2) is 4.79 Å². The Morgan fingerprint density at radius 1 is 1.38 bits per heavy atom. The highest BCUT2D eigenvalue weighted by Gasteiger charge is 2.23. The molecule has 0 radical (unpaired) electrons. The van der Waals surface area contributed by atoms with Crippen molar-refractivity contribution in [3.05, 3.63) is 35.4 Å². The summed E-state index contributed by atoms with van der Waals surface area (Å²) in [6.45, 7) is 3.22. The summed E-state index contributed by atoms with van der Waals surface area (Å²) in [5.41, 5.74) is 2.59. The van der Waals surface area contributed by atoms with E-state index in [4.69, 9.17) is 5.11 Å². The summed E-state index contributed by atoms with van der Waals surface area (Å²) in [6.07, 6.45) is 5.20. The summed E-state index contributed by atoms with van der Waals surface area (Å²) in [4.78, 5) is 14.1. The molecule has 1 atom stereocenters. The number of hydrogen-bond donors (Lipinski definition) is 2. The van der Waals surface area contributed by atoms with Crippen LogP contribution in [0, 0.1) is 0 Å². The van der Waals surface area contributed by atoms with Gasteiger partial charge in [0, 0.05) is 13.1 Å². The molecule has 0 saturated heterocycles. The van der Waals surface area contributed by atoms with Crippen LogP contribution >= 0.6 is 0 Å². The van der Waals surface area contributed by atoms with Gasteiger partial charge in [0.2, 0.25) is 0 Å². The lowest BCUT2D eigenvalue weighted by Crippen LogP contribution is -2.44. The Balaban J connectivity index is 2.01. The van der Waals surface area contributed by atoms with E-state index in [0.717, 1.165) is 32.1 Å². The number of hydrogen-bond acceptors (Lipinski definition) is 2. The minimum absolute atomic E-state index is 0.0123. The van der Waals surface area contributed by atoms with Gasteiger partial charge in [0.1, 0.15) is 0 Å². The van der Waals surface area contributed by atoms with Gasteiger partial charge in [-0.15, -0.1) is 0 Å². The van der Waals surface area contributed by atoms with Gasteiger partial charge in [-0.3, -0.25) is 0 Å². The van der Waals surface area contributed by atoms with Gasteiger partial charge in [0.05, 0.1) is 12.6 Å². The summed E-state index contributed by atoms with van der Waals surface area (Å²) in [5, 5.41) is 12.3. The minimum atomic E-state index is -0.0563. The smallest absolute Gasteiger partial charge is 0.317 e. The van der Waals surface area contributed by atoms with Gasteiger partial charge in [-0.1, -0.05) is 37.6 Å². The van der Waals surface area contributed by atoms with Gasteiger partial charge in [0.15, 0.2) is 0 Å². The molecule has 2 N–H and O–H groups in total.